The Labute approximate surface area is 168 Å². The van der Waals surface area contributed by atoms with E-state index in [9.17, 15) is 13.2 Å². The molecule has 0 atom stereocenters. The number of benzene rings is 2. The topological polar surface area (TPSA) is 119 Å². The number of anilines is 1. The zero-order valence-electron chi connectivity index (χ0n) is 16.1. The van der Waals surface area contributed by atoms with E-state index in [4.69, 9.17) is 4.74 Å². The first-order valence-electron chi connectivity index (χ1n) is 8.54. The number of amides is 1. The summed E-state index contributed by atoms with van der Waals surface area (Å²) in [5.74, 6) is 0.0583. The van der Waals surface area contributed by atoms with Crippen LogP contribution in [0.3, 0.4) is 0 Å². The number of rotatable bonds is 7. The number of hydrogen-bond acceptors (Lipinski definition) is 7. The number of nitrogens with zero attached hydrogens (tertiary/aromatic N) is 5. The second-order valence-corrected chi connectivity index (χ2v) is 8.45. The van der Waals surface area contributed by atoms with Gasteiger partial charge in [-0.05, 0) is 46.3 Å². The number of carbonyl (C=O) groups excluding carboxylic acids is 1. The third-order valence-electron chi connectivity index (χ3n) is 4.14. The summed E-state index contributed by atoms with van der Waals surface area (Å²) >= 11 is 0. The fraction of sp³-hybridized carbons (Fsp3) is 0.222. The molecule has 1 heterocycles. The minimum absolute atomic E-state index is 0.0596. The van der Waals surface area contributed by atoms with Crippen LogP contribution in [-0.2, 0) is 21.2 Å². The molecule has 0 aliphatic carbocycles. The van der Waals surface area contributed by atoms with Crippen LogP contribution < -0.4 is 10.1 Å². The summed E-state index contributed by atoms with van der Waals surface area (Å²) in [5, 5.41) is 13.7. The second kappa shape index (κ2) is 8.37. The van der Waals surface area contributed by atoms with Gasteiger partial charge in [0.1, 0.15) is 12.1 Å². The Morgan fingerprint density at radius 2 is 1.90 bits per heavy atom. The lowest BCUT2D eigenvalue weighted by Crippen LogP contribution is -2.22. The van der Waals surface area contributed by atoms with Crippen molar-refractivity contribution in [2.24, 2.45) is 0 Å². The van der Waals surface area contributed by atoms with Gasteiger partial charge < -0.3 is 10.1 Å². The van der Waals surface area contributed by atoms with Crippen LogP contribution in [0.4, 0.5) is 5.69 Å². The van der Waals surface area contributed by atoms with Crippen molar-refractivity contribution in [2.45, 2.75) is 11.3 Å². The first-order valence-corrected chi connectivity index (χ1v) is 9.98. The van der Waals surface area contributed by atoms with Crippen LogP contribution in [0, 0.1) is 0 Å². The molecule has 152 valence electrons. The molecule has 0 bridgehead atoms. The summed E-state index contributed by atoms with van der Waals surface area (Å²) in [5.41, 5.74) is 1.82. The molecule has 0 aliphatic rings. The maximum atomic E-state index is 12.5. The molecule has 0 saturated carbocycles. The number of methoxy groups -OCH3 is 1. The number of sulfonamides is 1. The van der Waals surface area contributed by atoms with E-state index in [2.05, 4.69) is 20.8 Å². The Morgan fingerprint density at radius 1 is 1.17 bits per heavy atom. The highest BCUT2D eigenvalue weighted by molar-refractivity contribution is 7.89. The van der Waals surface area contributed by atoms with Crippen LogP contribution in [0.25, 0.3) is 5.69 Å². The van der Waals surface area contributed by atoms with Crippen LogP contribution in [-0.4, -0.2) is 60.0 Å². The number of tetrazole rings is 1. The Bertz CT molecular complexity index is 1100. The molecule has 0 fully saturated rings. The zero-order valence-corrected chi connectivity index (χ0v) is 16.9. The fourth-order valence-electron chi connectivity index (χ4n) is 2.58. The number of nitrogens with one attached hydrogen (secondary N) is 1. The molecule has 29 heavy (non-hydrogen) atoms. The van der Waals surface area contributed by atoms with E-state index in [0.717, 1.165) is 15.6 Å². The molecule has 3 rings (SSSR count). The first kappa shape index (κ1) is 20.4. The summed E-state index contributed by atoms with van der Waals surface area (Å²) in [6.07, 6.45) is 1.58. The van der Waals surface area contributed by atoms with Crippen molar-refractivity contribution < 1.29 is 17.9 Å². The molecule has 2 aromatic carbocycles. The van der Waals surface area contributed by atoms with Crippen molar-refractivity contribution in [1.82, 2.24) is 24.5 Å². The third-order valence-corrected chi connectivity index (χ3v) is 5.95. The van der Waals surface area contributed by atoms with Gasteiger partial charge in [0.25, 0.3) is 0 Å². The van der Waals surface area contributed by atoms with Gasteiger partial charge in [0.2, 0.25) is 15.9 Å². The molecule has 1 aromatic heterocycles. The average molecular weight is 416 g/mol. The van der Waals surface area contributed by atoms with Gasteiger partial charge in [-0.2, -0.15) is 0 Å². The molecule has 1 amide bonds. The normalized spacial score (nSPS) is 11.4. The molecule has 3 aromatic rings. The van der Waals surface area contributed by atoms with E-state index in [1.54, 1.807) is 24.3 Å². The Morgan fingerprint density at radius 3 is 2.48 bits per heavy atom. The maximum absolute atomic E-state index is 12.5. The van der Waals surface area contributed by atoms with Crippen molar-refractivity contribution in [3.63, 3.8) is 0 Å². The van der Waals surface area contributed by atoms with E-state index in [1.807, 2.05) is 0 Å². The standard InChI is InChI=1S/C18H20N6O4S/c1-23(2)29(26,27)15-8-9-17(28-3)16(11-15)20-18(25)10-13-4-6-14(7-5-13)24-12-19-21-22-24/h4-9,11-12H,10H2,1-3H3,(H,20,25). The van der Waals surface area contributed by atoms with E-state index < -0.39 is 10.0 Å². The van der Waals surface area contributed by atoms with Gasteiger partial charge in [0.15, 0.2) is 0 Å². The number of carbonyl (C=O) groups is 1. The molecule has 1 N–H and O–H groups in total. The minimum atomic E-state index is -3.64. The summed E-state index contributed by atoms with van der Waals surface area (Å²) in [4.78, 5) is 12.6. The summed E-state index contributed by atoms with van der Waals surface area (Å²) in [6.45, 7) is 0. The van der Waals surface area contributed by atoms with Gasteiger partial charge in [-0.1, -0.05) is 12.1 Å². The van der Waals surface area contributed by atoms with Crippen LogP contribution >= 0.6 is 0 Å². The minimum Gasteiger partial charge on any atom is -0.495 e. The summed E-state index contributed by atoms with van der Waals surface area (Å²) < 4.78 is 32.5. The maximum Gasteiger partial charge on any atom is 0.242 e. The quantitative estimate of drug-likeness (QED) is 0.612. The number of aromatic nitrogens is 4. The van der Waals surface area contributed by atoms with Crippen LogP contribution in [0.1, 0.15) is 5.56 Å². The summed E-state index contributed by atoms with van der Waals surface area (Å²) in [6, 6.07) is 11.5. The lowest BCUT2D eigenvalue weighted by molar-refractivity contribution is -0.115. The Balaban J connectivity index is 1.76. The number of hydrogen-bond donors (Lipinski definition) is 1. The SMILES string of the molecule is COc1ccc(S(=O)(=O)N(C)C)cc1NC(=O)Cc1ccc(-n2cnnn2)cc1. The van der Waals surface area contributed by atoms with Crippen molar-refractivity contribution in [2.75, 3.05) is 26.5 Å². The van der Waals surface area contributed by atoms with Gasteiger partial charge in [-0.15, -0.1) is 5.10 Å². The molecular formula is C18H20N6O4S. The lowest BCUT2D eigenvalue weighted by atomic mass is 10.1. The highest BCUT2D eigenvalue weighted by Gasteiger charge is 2.20. The molecule has 0 spiro atoms. The van der Waals surface area contributed by atoms with Gasteiger partial charge in [0, 0.05) is 14.1 Å². The molecule has 0 unspecified atom stereocenters. The van der Waals surface area contributed by atoms with Gasteiger partial charge in [0.05, 0.1) is 29.8 Å². The van der Waals surface area contributed by atoms with Crippen molar-refractivity contribution >= 4 is 21.6 Å². The summed E-state index contributed by atoms with van der Waals surface area (Å²) in [7, 11) is 0.693. The fourth-order valence-corrected chi connectivity index (χ4v) is 3.51. The molecular weight excluding hydrogens is 396 g/mol. The van der Waals surface area contributed by atoms with Crippen LogP contribution in [0.5, 0.6) is 5.75 Å². The van der Waals surface area contributed by atoms with Crippen LogP contribution in [0.2, 0.25) is 0 Å². The Kier molecular flexibility index (Phi) is 5.89. The van der Waals surface area contributed by atoms with Gasteiger partial charge >= 0.3 is 0 Å². The van der Waals surface area contributed by atoms with Crippen molar-refractivity contribution in [3.05, 3.63) is 54.4 Å². The number of ether oxygens (including phenoxy) is 1. The largest absolute Gasteiger partial charge is 0.495 e. The van der Waals surface area contributed by atoms with E-state index >= 15 is 0 Å². The van der Waals surface area contributed by atoms with Gasteiger partial charge in [-0.25, -0.2) is 17.4 Å². The van der Waals surface area contributed by atoms with Crippen molar-refractivity contribution in [3.8, 4) is 11.4 Å². The predicted octanol–water partition coefficient (Wildman–Crippen LogP) is 1.10. The predicted molar refractivity (Wildman–Crippen MR) is 105 cm³/mol. The molecule has 0 radical (unpaired) electrons. The van der Waals surface area contributed by atoms with E-state index in [0.29, 0.717) is 5.75 Å². The van der Waals surface area contributed by atoms with Gasteiger partial charge in [-0.3, -0.25) is 4.79 Å². The average Bonchev–Trinajstić information content (AvgIpc) is 3.23. The zero-order chi connectivity index (χ0) is 21.0. The highest BCUT2D eigenvalue weighted by Crippen LogP contribution is 2.28. The third kappa shape index (κ3) is 4.58. The van der Waals surface area contributed by atoms with E-state index in [1.165, 1.54) is 50.4 Å². The highest BCUT2D eigenvalue weighted by atomic mass is 32.2. The molecule has 0 aliphatic heterocycles. The smallest absolute Gasteiger partial charge is 0.242 e. The first-order chi connectivity index (χ1) is 13.8. The molecule has 10 nitrogen and oxygen atoms in total. The monoisotopic (exact) mass is 416 g/mol. The second-order valence-electron chi connectivity index (χ2n) is 6.30. The van der Waals surface area contributed by atoms with Crippen LogP contribution in [0.15, 0.2) is 53.7 Å². The lowest BCUT2D eigenvalue weighted by Gasteiger charge is -2.15. The molecule has 11 heteroatoms. The van der Waals surface area contributed by atoms with E-state index in [-0.39, 0.29) is 22.9 Å². The molecule has 0 saturated heterocycles. The Hall–Kier alpha value is -3.31. The van der Waals surface area contributed by atoms with Crippen molar-refractivity contribution in [1.29, 1.82) is 0 Å².